The Labute approximate surface area is 122 Å². The molecular formula is C13H18BrNO3S. The van der Waals surface area contributed by atoms with E-state index in [1.165, 1.54) is 0 Å². The molecule has 1 aromatic carbocycles. The average molecular weight is 348 g/mol. The number of sulfonamides is 1. The molecule has 0 saturated carbocycles. The largest absolute Gasteiger partial charge is 0.381 e. The van der Waals surface area contributed by atoms with Crippen LogP contribution in [0.2, 0.25) is 0 Å². The molecule has 0 spiro atoms. The molecule has 1 aliphatic heterocycles. The molecule has 1 aliphatic rings. The van der Waals surface area contributed by atoms with Gasteiger partial charge in [-0.25, -0.2) is 13.1 Å². The van der Waals surface area contributed by atoms with Gasteiger partial charge in [-0.1, -0.05) is 28.1 Å². The number of benzene rings is 1. The van der Waals surface area contributed by atoms with Crippen LogP contribution in [-0.4, -0.2) is 32.5 Å². The quantitative estimate of drug-likeness (QED) is 0.849. The van der Waals surface area contributed by atoms with Gasteiger partial charge in [-0.3, -0.25) is 0 Å². The van der Waals surface area contributed by atoms with Gasteiger partial charge in [0.25, 0.3) is 0 Å². The van der Waals surface area contributed by atoms with Gasteiger partial charge in [-0.2, -0.15) is 0 Å². The molecule has 0 atom stereocenters. The molecule has 1 N–H and O–H groups in total. The van der Waals surface area contributed by atoms with Crippen LogP contribution in [0.15, 0.2) is 29.2 Å². The summed E-state index contributed by atoms with van der Waals surface area (Å²) in [5, 5.41) is 0.592. The maximum atomic E-state index is 12.4. The molecule has 19 heavy (non-hydrogen) atoms. The first-order valence-corrected chi connectivity index (χ1v) is 8.82. The normalized spacial score (nSPS) is 19.3. The molecule has 0 aliphatic carbocycles. The van der Waals surface area contributed by atoms with Gasteiger partial charge in [0.1, 0.15) is 0 Å². The summed E-state index contributed by atoms with van der Waals surface area (Å²) < 4.78 is 33.0. The van der Waals surface area contributed by atoms with Crippen LogP contribution in [-0.2, 0) is 14.8 Å². The third-order valence-electron chi connectivity index (χ3n) is 3.36. The number of hydrogen-bond donors (Lipinski definition) is 1. The molecule has 1 heterocycles. The Morgan fingerprint density at radius 2 is 2.05 bits per heavy atom. The first-order chi connectivity index (χ1) is 8.97. The highest BCUT2D eigenvalue weighted by Gasteiger charge is 2.36. The van der Waals surface area contributed by atoms with E-state index >= 15 is 0 Å². The zero-order chi connectivity index (χ0) is 13.9. The van der Waals surface area contributed by atoms with Gasteiger partial charge >= 0.3 is 0 Å². The highest BCUT2D eigenvalue weighted by molar-refractivity contribution is 9.09. The summed E-state index contributed by atoms with van der Waals surface area (Å²) in [4.78, 5) is 0.319. The Balaban J connectivity index is 2.25. The van der Waals surface area contributed by atoms with E-state index < -0.39 is 15.6 Å². The topological polar surface area (TPSA) is 55.4 Å². The second-order valence-electron chi connectivity index (χ2n) is 4.95. The second-order valence-corrected chi connectivity index (χ2v) is 7.19. The van der Waals surface area contributed by atoms with E-state index in [-0.39, 0.29) is 0 Å². The minimum absolute atomic E-state index is 0.319. The van der Waals surface area contributed by atoms with Crippen molar-refractivity contribution in [3.8, 4) is 0 Å². The number of nitrogens with one attached hydrogen (secondary N) is 1. The molecule has 0 radical (unpaired) electrons. The minimum Gasteiger partial charge on any atom is -0.381 e. The van der Waals surface area contributed by atoms with Gasteiger partial charge in [-0.05, 0) is 37.5 Å². The zero-order valence-electron chi connectivity index (χ0n) is 10.9. The van der Waals surface area contributed by atoms with Crippen LogP contribution in [0.25, 0.3) is 0 Å². The molecule has 0 unspecified atom stereocenters. The Bertz CT molecular complexity index is 539. The maximum absolute atomic E-state index is 12.4. The molecule has 0 bridgehead atoms. The molecule has 0 amide bonds. The average Bonchev–Trinajstić information content (AvgIpc) is 2.39. The van der Waals surface area contributed by atoms with Crippen molar-refractivity contribution < 1.29 is 13.2 Å². The first-order valence-electron chi connectivity index (χ1n) is 6.22. The third-order valence-corrected chi connectivity index (χ3v) is 6.01. The summed E-state index contributed by atoms with van der Waals surface area (Å²) >= 11 is 3.43. The van der Waals surface area contributed by atoms with Crippen LogP contribution in [0.3, 0.4) is 0 Å². The van der Waals surface area contributed by atoms with Crippen LogP contribution in [0, 0.1) is 6.92 Å². The van der Waals surface area contributed by atoms with Crippen molar-refractivity contribution in [1.82, 2.24) is 4.72 Å². The lowest BCUT2D eigenvalue weighted by atomic mass is 9.94. The lowest BCUT2D eigenvalue weighted by molar-refractivity contribution is 0.0557. The molecule has 1 aromatic rings. The van der Waals surface area contributed by atoms with Crippen LogP contribution in [0.5, 0.6) is 0 Å². The summed E-state index contributed by atoms with van der Waals surface area (Å²) in [6.45, 7) is 3.05. The molecular weight excluding hydrogens is 330 g/mol. The van der Waals surface area contributed by atoms with Gasteiger partial charge in [-0.15, -0.1) is 0 Å². The molecule has 2 rings (SSSR count). The monoisotopic (exact) mass is 347 g/mol. The van der Waals surface area contributed by atoms with Crippen molar-refractivity contribution in [2.24, 2.45) is 0 Å². The van der Waals surface area contributed by atoms with Gasteiger partial charge in [0.15, 0.2) is 0 Å². The fraction of sp³-hybridized carbons (Fsp3) is 0.538. The van der Waals surface area contributed by atoms with E-state index in [0.717, 1.165) is 5.56 Å². The number of aryl methyl sites for hydroxylation is 1. The zero-order valence-corrected chi connectivity index (χ0v) is 13.3. The Morgan fingerprint density at radius 3 is 2.63 bits per heavy atom. The molecule has 0 aromatic heterocycles. The van der Waals surface area contributed by atoms with Crippen molar-refractivity contribution in [2.45, 2.75) is 30.2 Å². The van der Waals surface area contributed by atoms with E-state index in [0.29, 0.717) is 36.3 Å². The standard InChI is InChI=1S/C13H18BrNO3S/c1-11-3-2-4-12(9-11)19(16,17)15-13(10-14)5-7-18-8-6-13/h2-4,9,15H,5-8,10H2,1H3. The third kappa shape index (κ3) is 3.56. The number of rotatable bonds is 4. The van der Waals surface area contributed by atoms with Crippen molar-refractivity contribution >= 4 is 26.0 Å². The van der Waals surface area contributed by atoms with Crippen LogP contribution >= 0.6 is 15.9 Å². The lowest BCUT2D eigenvalue weighted by Crippen LogP contribution is -2.53. The van der Waals surface area contributed by atoms with Crippen molar-refractivity contribution in [2.75, 3.05) is 18.5 Å². The highest BCUT2D eigenvalue weighted by atomic mass is 79.9. The van der Waals surface area contributed by atoms with Crippen molar-refractivity contribution in [3.63, 3.8) is 0 Å². The summed E-state index contributed by atoms with van der Waals surface area (Å²) in [5.41, 5.74) is 0.489. The fourth-order valence-corrected chi connectivity index (χ4v) is 4.60. The van der Waals surface area contributed by atoms with Gasteiger partial charge in [0, 0.05) is 24.1 Å². The van der Waals surface area contributed by atoms with E-state index in [9.17, 15) is 8.42 Å². The van der Waals surface area contributed by atoms with E-state index in [4.69, 9.17) is 4.74 Å². The maximum Gasteiger partial charge on any atom is 0.241 e. The minimum atomic E-state index is -3.49. The highest BCUT2D eigenvalue weighted by Crippen LogP contribution is 2.25. The van der Waals surface area contributed by atoms with Gasteiger partial charge < -0.3 is 4.74 Å². The summed E-state index contributed by atoms with van der Waals surface area (Å²) in [6, 6.07) is 6.95. The van der Waals surface area contributed by atoms with Crippen LogP contribution in [0.1, 0.15) is 18.4 Å². The number of halogens is 1. The van der Waals surface area contributed by atoms with E-state index in [1.54, 1.807) is 18.2 Å². The smallest absolute Gasteiger partial charge is 0.241 e. The molecule has 106 valence electrons. The van der Waals surface area contributed by atoms with Gasteiger partial charge in [0.05, 0.1) is 4.90 Å². The summed E-state index contributed by atoms with van der Waals surface area (Å²) in [5.74, 6) is 0. The molecule has 1 saturated heterocycles. The van der Waals surface area contributed by atoms with Crippen molar-refractivity contribution in [1.29, 1.82) is 0 Å². The van der Waals surface area contributed by atoms with E-state index in [1.807, 2.05) is 13.0 Å². The Morgan fingerprint density at radius 1 is 1.37 bits per heavy atom. The van der Waals surface area contributed by atoms with Crippen LogP contribution < -0.4 is 4.72 Å². The fourth-order valence-electron chi connectivity index (χ4n) is 2.15. The molecule has 1 fully saturated rings. The second kappa shape index (κ2) is 5.91. The Hall–Kier alpha value is -0.430. The predicted octanol–water partition coefficient (Wildman–Crippen LogP) is 2.22. The number of alkyl halides is 1. The summed E-state index contributed by atoms with van der Waals surface area (Å²) in [6.07, 6.45) is 1.37. The summed E-state index contributed by atoms with van der Waals surface area (Å²) in [7, 11) is -3.49. The first kappa shape index (κ1) is 15.0. The van der Waals surface area contributed by atoms with E-state index in [2.05, 4.69) is 20.7 Å². The lowest BCUT2D eigenvalue weighted by Gasteiger charge is -2.36. The number of hydrogen-bond acceptors (Lipinski definition) is 3. The van der Waals surface area contributed by atoms with Crippen LogP contribution in [0.4, 0.5) is 0 Å². The molecule has 6 heteroatoms. The predicted molar refractivity (Wildman–Crippen MR) is 78.1 cm³/mol. The van der Waals surface area contributed by atoms with Gasteiger partial charge in [0.2, 0.25) is 10.0 Å². The Kier molecular flexibility index (Phi) is 4.66. The molecule has 4 nitrogen and oxygen atoms in total. The number of ether oxygens (including phenoxy) is 1. The SMILES string of the molecule is Cc1cccc(S(=O)(=O)NC2(CBr)CCOCC2)c1. The van der Waals surface area contributed by atoms with Crippen molar-refractivity contribution in [3.05, 3.63) is 29.8 Å².